The minimum atomic E-state index is -0.265. The third-order valence-corrected chi connectivity index (χ3v) is 5.26. The van der Waals surface area contributed by atoms with Crippen LogP contribution in [0.4, 0.5) is 0 Å². The Kier molecular flexibility index (Phi) is 6.52. The summed E-state index contributed by atoms with van der Waals surface area (Å²) in [5, 5.41) is 0.990. The van der Waals surface area contributed by atoms with Crippen molar-refractivity contribution in [1.82, 2.24) is 4.98 Å². The molecule has 0 radical (unpaired) electrons. The molecule has 0 saturated heterocycles. The first-order chi connectivity index (χ1) is 15.6. The van der Waals surface area contributed by atoms with Crippen LogP contribution in [-0.4, -0.2) is 17.6 Å². The van der Waals surface area contributed by atoms with Crippen LogP contribution in [-0.2, 0) is 29.1 Å². The largest absolute Gasteiger partial charge is 0.488 e. The van der Waals surface area contributed by atoms with Gasteiger partial charge in [-0.1, -0.05) is 18.2 Å². The van der Waals surface area contributed by atoms with E-state index in [-0.39, 0.29) is 12.4 Å². The maximum atomic E-state index is 12.0. The summed E-state index contributed by atoms with van der Waals surface area (Å²) >= 11 is 0. The van der Waals surface area contributed by atoms with Gasteiger partial charge < -0.3 is 19.6 Å². The van der Waals surface area contributed by atoms with Gasteiger partial charge in [0.15, 0.2) is 0 Å². The van der Waals surface area contributed by atoms with Crippen LogP contribution >= 0.6 is 0 Å². The Bertz CT molecular complexity index is 1250. The minimum Gasteiger partial charge on any atom is -0.488 e. The topological polar surface area (TPSA) is 87.6 Å². The highest BCUT2D eigenvalue weighted by Gasteiger charge is 2.14. The van der Waals surface area contributed by atoms with Crippen LogP contribution in [0.1, 0.15) is 29.3 Å². The summed E-state index contributed by atoms with van der Waals surface area (Å²) in [5.74, 6) is 0.446. The molecule has 0 aliphatic rings. The van der Waals surface area contributed by atoms with Crippen molar-refractivity contribution in [3.05, 3.63) is 83.4 Å². The Morgan fingerprint density at radius 2 is 2.03 bits per heavy atom. The quantitative estimate of drug-likeness (QED) is 0.398. The van der Waals surface area contributed by atoms with Crippen molar-refractivity contribution >= 4 is 16.9 Å². The molecule has 2 aromatic heterocycles. The van der Waals surface area contributed by atoms with Gasteiger partial charge in [-0.15, -0.1) is 0 Å². The smallest absolute Gasteiger partial charge is 0.310 e. The van der Waals surface area contributed by atoms with Gasteiger partial charge in [-0.2, -0.15) is 0 Å². The number of furan rings is 1. The highest BCUT2D eigenvalue weighted by atomic mass is 16.5. The fraction of sp³-hybridized carbons (Fsp3) is 0.231. The van der Waals surface area contributed by atoms with E-state index in [9.17, 15) is 4.79 Å². The number of nitrogens with zero attached hydrogens (tertiary/aromatic N) is 1. The summed E-state index contributed by atoms with van der Waals surface area (Å²) in [5.41, 5.74) is 12.1. The molecule has 32 heavy (non-hydrogen) atoms. The highest BCUT2D eigenvalue weighted by Crippen LogP contribution is 2.32. The summed E-state index contributed by atoms with van der Waals surface area (Å²) in [6.07, 6.45) is 3.61. The number of carbonyl (C=O) groups is 1. The van der Waals surface area contributed by atoms with Crippen LogP contribution < -0.4 is 10.5 Å². The molecule has 6 heteroatoms. The second-order valence-electron chi connectivity index (χ2n) is 7.56. The molecule has 2 heterocycles. The molecule has 4 aromatic rings. The first-order valence-corrected chi connectivity index (χ1v) is 10.6. The molecule has 0 saturated carbocycles. The molecule has 0 aliphatic carbocycles. The van der Waals surface area contributed by atoms with Crippen LogP contribution in [0.25, 0.3) is 22.1 Å². The van der Waals surface area contributed by atoms with Crippen LogP contribution in [0.5, 0.6) is 5.75 Å². The van der Waals surface area contributed by atoms with Gasteiger partial charge in [0.1, 0.15) is 17.9 Å². The van der Waals surface area contributed by atoms with Crippen LogP contribution in [0, 0.1) is 6.92 Å². The predicted octanol–water partition coefficient (Wildman–Crippen LogP) is 4.95. The molecule has 4 rings (SSSR count). The number of rotatable bonds is 8. The number of aryl methyl sites for hydroxylation is 1. The Balaban J connectivity index is 1.64. The number of aromatic nitrogens is 1. The lowest BCUT2D eigenvalue weighted by Gasteiger charge is -2.15. The molecule has 0 aliphatic heterocycles. The fourth-order valence-corrected chi connectivity index (χ4v) is 3.78. The number of ether oxygens (including phenoxy) is 2. The van der Waals surface area contributed by atoms with Crippen molar-refractivity contribution in [1.29, 1.82) is 0 Å². The number of esters is 1. The number of carbonyl (C=O) groups excluding carboxylic acids is 1. The van der Waals surface area contributed by atoms with Gasteiger partial charge in [0.05, 0.1) is 25.0 Å². The number of pyridine rings is 1. The Hall–Kier alpha value is -3.64. The molecule has 0 amide bonds. The van der Waals surface area contributed by atoms with E-state index in [4.69, 9.17) is 19.6 Å². The molecule has 6 nitrogen and oxygen atoms in total. The average molecular weight is 431 g/mol. The maximum absolute atomic E-state index is 12.0. The summed E-state index contributed by atoms with van der Waals surface area (Å²) in [7, 11) is 0. The van der Waals surface area contributed by atoms with Crippen molar-refractivity contribution in [3.63, 3.8) is 0 Å². The van der Waals surface area contributed by atoms with Crippen molar-refractivity contribution < 1.29 is 18.7 Å². The Labute approximate surface area is 187 Å². The monoisotopic (exact) mass is 430 g/mol. The zero-order chi connectivity index (χ0) is 22.5. The van der Waals surface area contributed by atoms with Gasteiger partial charge in [-0.25, -0.2) is 0 Å². The van der Waals surface area contributed by atoms with Gasteiger partial charge in [0.2, 0.25) is 0 Å². The third kappa shape index (κ3) is 4.65. The van der Waals surface area contributed by atoms with Crippen molar-refractivity contribution in [2.24, 2.45) is 5.73 Å². The number of fused-ring (bicyclic) bond motifs is 1. The van der Waals surface area contributed by atoms with Crippen molar-refractivity contribution in [2.75, 3.05) is 6.61 Å². The van der Waals surface area contributed by atoms with Crippen molar-refractivity contribution in [3.8, 4) is 16.9 Å². The van der Waals surface area contributed by atoms with Crippen LogP contribution in [0.3, 0.4) is 0 Å². The summed E-state index contributed by atoms with van der Waals surface area (Å²) in [6, 6.07) is 15.8. The van der Waals surface area contributed by atoms with E-state index in [0.29, 0.717) is 25.5 Å². The molecule has 2 aromatic carbocycles. The lowest BCUT2D eigenvalue weighted by Crippen LogP contribution is -2.09. The van der Waals surface area contributed by atoms with Gasteiger partial charge in [-0.3, -0.25) is 9.78 Å². The van der Waals surface area contributed by atoms with Crippen molar-refractivity contribution in [2.45, 2.75) is 33.4 Å². The Morgan fingerprint density at radius 1 is 1.16 bits per heavy atom. The van der Waals surface area contributed by atoms with E-state index in [1.807, 2.05) is 43.3 Å². The zero-order valence-corrected chi connectivity index (χ0v) is 18.3. The van der Waals surface area contributed by atoms with E-state index in [1.165, 1.54) is 0 Å². The predicted molar refractivity (Wildman–Crippen MR) is 123 cm³/mol. The van der Waals surface area contributed by atoms with E-state index in [0.717, 1.165) is 44.5 Å². The molecule has 0 spiro atoms. The lowest BCUT2D eigenvalue weighted by atomic mass is 10.0. The molecule has 0 atom stereocenters. The molecule has 0 unspecified atom stereocenters. The third-order valence-electron chi connectivity index (χ3n) is 5.26. The lowest BCUT2D eigenvalue weighted by molar-refractivity contribution is -0.142. The first-order valence-electron chi connectivity index (χ1n) is 10.6. The van der Waals surface area contributed by atoms with Gasteiger partial charge in [-0.05, 0) is 60.9 Å². The summed E-state index contributed by atoms with van der Waals surface area (Å²) in [4.78, 5) is 16.3. The van der Waals surface area contributed by atoms with Gasteiger partial charge in [0, 0.05) is 29.3 Å². The minimum absolute atomic E-state index is 0.176. The Morgan fingerprint density at radius 3 is 2.84 bits per heavy atom. The number of hydrogen-bond donors (Lipinski definition) is 1. The maximum Gasteiger partial charge on any atom is 0.310 e. The van der Waals surface area contributed by atoms with E-state index < -0.39 is 0 Å². The molecule has 0 fully saturated rings. The molecule has 164 valence electrons. The SMILES string of the molecule is CCOC(=O)Cc1cccc(C)c1OCc1cc(-c2ccnc(CN)c2)c2occc2c1. The molecule has 2 N–H and O–H groups in total. The summed E-state index contributed by atoms with van der Waals surface area (Å²) < 4.78 is 17.1. The number of benzene rings is 2. The highest BCUT2D eigenvalue weighted by molar-refractivity contribution is 5.93. The van der Waals surface area contributed by atoms with E-state index in [2.05, 4.69) is 17.1 Å². The molecular weight excluding hydrogens is 404 g/mol. The van der Waals surface area contributed by atoms with E-state index >= 15 is 0 Å². The second kappa shape index (κ2) is 9.66. The van der Waals surface area contributed by atoms with Crippen LogP contribution in [0.15, 0.2) is 65.4 Å². The number of nitrogens with two attached hydrogens (primary N) is 1. The fourth-order valence-electron chi connectivity index (χ4n) is 3.78. The normalized spacial score (nSPS) is 11.0. The van der Waals surface area contributed by atoms with E-state index in [1.54, 1.807) is 19.4 Å². The average Bonchev–Trinajstić information content (AvgIpc) is 3.27. The summed E-state index contributed by atoms with van der Waals surface area (Å²) in [6.45, 7) is 4.85. The second-order valence-corrected chi connectivity index (χ2v) is 7.56. The van der Waals surface area contributed by atoms with Crippen LogP contribution in [0.2, 0.25) is 0 Å². The first kappa shape index (κ1) is 21.6. The standard InChI is InChI=1S/C26H26N2O4/c1-3-30-24(29)14-20-6-4-5-17(2)25(20)32-16-18-11-21-8-10-31-26(21)23(12-18)19-7-9-28-22(13-19)15-27/h4-13H,3,14-16,27H2,1-2H3. The number of para-hydroxylation sites is 1. The molecular formula is C26H26N2O4. The molecule has 0 bridgehead atoms. The van der Waals surface area contributed by atoms with Gasteiger partial charge in [0.25, 0.3) is 0 Å². The zero-order valence-electron chi connectivity index (χ0n) is 18.3. The number of hydrogen-bond acceptors (Lipinski definition) is 6. The van der Waals surface area contributed by atoms with Gasteiger partial charge >= 0.3 is 5.97 Å².